The minimum absolute atomic E-state index is 0.358. The summed E-state index contributed by atoms with van der Waals surface area (Å²) in [7, 11) is 0. The van der Waals surface area contributed by atoms with Gasteiger partial charge in [-0.1, -0.05) is 12.2 Å². The van der Waals surface area contributed by atoms with Crippen LogP contribution in [0.1, 0.15) is 32.1 Å². The van der Waals surface area contributed by atoms with Gasteiger partial charge < -0.3 is 5.11 Å². The van der Waals surface area contributed by atoms with Gasteiger partial charge in [-0.25, -0.2) is 0 Å². The first-order valence-corrected chi connectivity index (χ1v) is 4.10. The smallest absolute Gasteiger partial charge is 0.0433 e. The average Bonchev–Trinajstić information content (AvgIpc) is 1.95. The van der Waals surface area contributed by atoms with Crippen LogP contribution in [0.5, 0.6) is 0 Å². The fourth-order valence-corrected chi connectivity index (χ4v) is 1.56. The Hall–Kier alpha value is -0.300. The summed E-state index contributed by atoms with van der Waals surface area (Å²) in [6.45, 7) is 4.30. The number of rotatable bonds is 2. The standard InChI is InChI=1S/C9H16O/c1-8-2-4-9(5-3-8)6-7-10/h9-10H,1-7H2. The van der Waals surface area contributed by atoms with E-state index >= 15 is 0 Å². The van der Waals surface area contributed by atoms with E-state index in [1.165, 1.54) is 31.3 Å². The van der Waals surface area contributed by atoms with Crippen molar-refractivity contribution in [3.8, 4) is 0 Å². The Morgan fingerprint density at radius 3 is 2.50 bits per heavy atom. The summed E-state index contributed by atoms with van der Waals surface area (Å²) < 4.78 is 0. The summed E-state index contributed by atoms with van der Waals surface area (Å²) in [6, 6.07) is 0. The molecule has 0 aromatic carbocycles. The molecule has 0 bridgehead atoms. The Morgan fingerprint density at radius 2 is 2.00 bits per heavy atom. The highest BCUT2D eigenvalue weighted by Crippen LogP contribution is 2.28. The molecule has 58 valence electrons. The van der Waals surface area contributed by atoms with E-state index in [9.17, 15) is 0 Å². The van der Waals surface area contributed by atoms with Crippen LogP contribution in [-0.2, 0) is 0 Å². The van der Waals surface area contributed by atoms with Gasteiger partial charge in [-0.2, -0.15) is 0 Å². The van der Waals surface area contributed by atoms with Crippen LogP contribution in [0.2, 0.25) is 0 Å². The topological polar surface area (TPSA) is 20.2 Å². The van der Waals surface area contributed by atoms with Gasteiger partial charge in [0.1, 0.15) is 0 Å². The van der Waals surface area contributed by atoms with Crippen LogP contribution in [0, 0.1) is 5.92 Å². The van der Waals surface area contributed by atoms with E-state index in [0.717, 1.165) is 12.3 Å². The molecule has 0 saturated heterocycles. The zero-order chi connectivity index (χ0) is 7.40. The molecule has 1 rings (SSSR count). The zero-order valence-corrected chi connectivity index (χ0v) is 6.47. The van der Waals surface area contributed by atoms with Crippen LogP contribution in [0.4, 0.5) is 0 Å². The Kier molecular flexibility index (Phi) is 2.94. The summed E-state index contributed by atoms with van der Waals surface area (Å²) in [5.41, 5.74) is 1.40. The van der Waals surface area contributed by atoms with Gasteiger partial charge in [0.15, 0.2) is 0 Å². The van der Waals surface area contributed by atoms with E-state index in [1.54, 1.807) is 0 Å². The lowest BCUT2D eigenvalue weighted by atomic mass is 9.85. The fourth-order valence-electron chi connectivity index (χ4n) is 1.56. The minimum Gasteiger partial charge on any atom is -0.396 e. The molecule has 1 nitrogen and oxygen atoms in total. The molecule has 1 fully saturated rings. The number of allylic oxidation sites excluding steroid dienone is 1. The van der Waals surface area contributed by atoms with Crippen LogP contribution in [0.25, 0.3) is 0 Å². The van der Waals surface area contributed by atoms with Crippen LogP contribution in [0.15, 0.2) is 12.2 Å². The molecular formula is C9H16O. The van der Waals surface area contributed by atoms with E-state index in [-0.39, 0.29) is 0 Å². The summed E-state index contributed by atoms with van der Waals surface area (Å²) in [5, 5.41) is 8.66. The van der Waals surface area contributed by atoms with E-state index < -0.39 is 0 Å². The highest BCUT2D eigenvalue weighted by Gasteiger charge is 2.13. The van der Waals surface area contributed by atoms with Crippen LogP contribution >= 0.6 is 0 Å². The van der Waals surface area contributed by atoms with E-state index in [0.29, 0.717) is 6.61 Å². The third-order valence-corrected chi connectivity index (χ3v) is 2.35. The molecule has 0 heterocycles. The molecule has 0 atom stereocenters. The van der Waals surface area contributed by atoms with E-state index in [1.807, 2.05) is 0 Å². The Morgan fingerprint density at radius 1 is 1.40 bits per heavy atom. The first-order valence-electron chi connectivity index (χ1n) is 4.10. The maximum atomic E-state index is 8.66. The Bertz CT molecular complexity index is 108. The van der Waals surface area contributed by atoms with Crippen LogP contribution in [0.3, 0.4) is 0 Å². The maximum Gasteiger partial charge on any atom is 0.0433 e. The second-order valence-corrected chi connectivity index (χ2v) is 3.21. The normalized spacial score (nSPS) is 21.5. The molecule has 1 heteroatoms. The van der Waals surface area contributed by atoms with Crippen molar-refractivity contribution in [2.24, 2.45) is 5.92 Å². The molecule has 0 aromatic heterocycles. The number of aliphatic hydroxyl groups is 1. The van der Waals surface area contributed by atoms with Gasteiger partial charge in [0.2, 0.25) is 0 Å². The van der Waals surface area contributed by atoms with Crippen molar-refractivity contribution in [2.45, 2.75) is 32.1 Å². The lowest BCUT2D eigenvalue weighted by Gasteiger charge is -2.21. The third kappa shape index (κ3) is 2.14. The van der Waals surface area contributed by atoms with E-state index in [4.69, 9.17) is 5.11 Å². The van der Waals surface area contributed by atoms with Gasteiger partial charge in [0.05, 0.1) is 0 Å². The first-order chi connectivity index (χ1) is 4.83. The van der Waals surface area contributed by atoms with Crippen molar-refractivity contribution >= 4 is 0 Å². The lowest BCUT2D eigenvalue weighted by molar-refractivity contribution is 0.240. The monoisotopic (exact) mass is 140 g/mol. The second kappa shape index (κ2) is 3.77. The van der Waals surface area contributed by atoms with Crippen molar-refractivity contribution in [2.75, 3.05) is 6.61 Å². The molecule has 0 radical (unpaired) electrons. The molecule has 10 heavy (non-hydrogen) atoms. The molecule has 1 aliphatic rings. The molecule has 0 aromatic rings. The van der Waals surface area contributed by atoms with Gasteiger partial charge in [-0.15, -0.1) is 0 Å². The zero-order valence-electron chi connectivity index (χ0n) is 6.47. The maximum absolute atomic E-state index is 8.66. The molecular weight excluding hydrogens is 124 g/mol. The minimum atomic E-state index is 0.358. The van der Waals surface area contributed by atoms with Crippen molar-refractivity contribution < 1.29 is 5.11 Å². The first kappa shape index (κ1) is 7.80. The van der Waals surface area contributed by atoms with Gasteiger partial charge in [0.25, 0.3) is 0 Å². The second-order valence-electron chi connectivity index (χ2n) is 3.21. The van der Waals surface area contributed by atoms with Crippen molar-refractivity contribution in [3.63, 3.8) is 0 Å². The van der Waals surface area contributed by atoms with Gasteiger partial charge >= 0.3 is 0 Å². The van der Waals surface area contributed by atoms with Crippen molar-refractivity contribution in [3.05, 3.63) is 12.2 Å². The molecule has 0 spiro atoms. The number of hydrogen-bond donors (Lipinski definition) is 1. The quantitative estimate of drug-likeness (QED) is 0.582. The Balaban J connectivity index is 2.19. The van der Waals surface area contributed by atoms with Gasteiger partial charge in [0, 0.05) is 6.61 Å². The van der Waals surface area contributed by atoms with Crippen molar-refractivity contribution in [1.82, 2.24) is 0 Å². The predicted molar refractivity (Wildman–Crippen MR) is 42.8 cm³/mol. The SMILES string of the molecule is C=C1CCC(CCO)CC1. The summed E-state index contributed by atoms with van der Waals surface area (Å²) >= 11 is 0. The average molecular weight is 140 g/mol. The number of hydrogen-bond acceptors (Lipinski definition) is 1. The summed E-state index contributed by atoms with van der Waals surface area (Å²) in [6.07, 6.45) is 5.86. The molecule has 1 N–H and O–H groups in total. The molecule has 1 aliphatic carbocycles. The molecule has 0 aliphatic heterocycles. The van der Waals surface area contributed by atoms with Gasteiger partial charge in [-0.3, -0.25) is 0 Å². The molecule has 0 amide bonds. The Labute approximate surface area is 62.8 Å². The lowest BCUT2D eigenvalue weighted by Crippen LogP contribution is -2.08. The fraction of sp³-hybridized carbons (Fsp3) is 0.778. The van der Waals surface area contributed by atoms with Gasteiger partial charge in [-0.05, 0) is 38.0 Å². The third-order valence-electron chi connectivity index (χ3n) is 2.35. The highest BCUT2D eigenvalue weighted by molar-refractivity contribution is 4.98. The van der Waals surface area contributed by atoms with Crippen LogP contribution < -0.4 is 0 Å². The number of aliphatic hydroxyl groups excluding tert-OH is 1. The largest absolute Gasteiger partial charge is 0.396 e. The van der Waals surface area contributed by atoms with Crippen LogP contribution in [-0.4, -0.2) is 11.7 Å². The van der Waals surface area contributed by atoms with E-state index in [2.05, 4.69) is 6.58 Å². The summed E-state index contributed by atoms with van der Waals surface area (Å²) in [5.74, 6) is 0.774. The highest BCUT2D eigenvalue weighted by atomic mass is 16.3. The predicted octanol–water partition coefficient (Wildman–Crippen LogP) is 2.12. The summed E-state index contributed by atoms with van der Waals surface area (Å²) in [4.78, 5) is 0. The molecule has 1 saturated carbocycles. The molecule has 0 unspecified atom stereocenters. The van der Waals surface area contributed by atoms with Crippen molar-refractivity contribution in [1.29, 1.82) is 0 Å².